The highest BCUT2D eigenvalue weighted by Crippen LogP contribution is 2.35. The lowest BCUT2D eigenvalue weighted by atomic mass is 9.98. The van der Waals surface area contributed by atoms with Crippen molar-refractivity contribution in [2.24, 2.45) is 0 Å². The van der Waals surface area contributed by atoms with Crippen molar-refractivity contribution in [3.8, 4) is 11.5 Å². The molecule has 1 unspecified atom stereocenters. The maximum Gasteiger partial charge on any atom is 0.161 e. The molecule has 0 fully saturated rings. The van der Waals surface area contributed by atoms with E-state index in [1.54, 1.807) is 14.2 Å². The van der Waals surface area contributed by atoms with Gasteiger partial charge in [-0.25, -0.2) is 0 Å². The Morgan fingerprint density at radius 2 is 1.57 bits per heavy atom. The maximum absolute atomic E-state index is 5.45. The summed E-state index contributed by atoms with van der Waals surface area (Å²) < 4.78 is 12.0. The van der Waals surface area contributed by atoms with Crippen LogP contribution in [0.5, 0.6) is 11.5 Å². The van der Waals surface area contributed by atoms with Crippen molar-refractivity contribution in [2.45, 2.75) is 32.6 Å². The van der Waals surface area contributed by atoms with E-state index in [9.17, 15) is 0 Å². The van der Waals surface area contributed by atoms with E-state index in [1.165, 1.54) is 23.8 Å². The highest BCUT2D eigenvalue weighted by Gasteiger charge is 2.34. The zero-order valence-electron chi connectivity index (χ0n) is 14.1. The summed E-state index contributed by atoms with van der Waals surface area (Å²) in [6.45, 7) is 9.72. The molecule has 2 rings (SSSR count). The molecule has 0 bridgehead atoms. The Hall–Kier alpha value is -0.273. The van der Waals surface area contributed by atoms with Gasteiger partial charge >= 0.3 is 0 Å². The Labute approximate surface area is 147 Å². The molecule has 21 heavy (non-hydrogen) atoms. The molecule has 120 valence electrons. The summed E-state index contributed by atoms with van der Waals surface area (Å²) >= 11 is 0. The Morgan fingerprint density at radius 3 is 2.05 bits per heavy atom. The van der Waals surface area contributed by atoms with Crippen LogP contribution in [0, 0.1) is 0 Å². The van der Waals surface area contributed by atoms with Crippen LogP contribution in [0.1, 0.15) is 11.1 Å². The fraction of sp³-hybridized carbons (Fsp3) is 0.625. The molecule has 1 aliphatic heterocycles. The van der Waals surface area contributed by atoms with Gasteiger partial charge in [0.1, 0.15) is 14.6 Å². The normalized spacial score (nSPS) is 21.2. The Bertz CT molecular complexity index is 502. The smallest absolute Gasteiger partial charge is 0.161 e. The third kappa shape index (κ3) is 4.60. The van der Waals surface area contributed by atoms with E-state index in [-0.39, 0.29) is 24.0 Å². The van der Waals surface area contributed by atoms with E-state index >= 15 is 0 Å². The van der Waals surface area contributed by atoms with Crippen LogP contribution in [0.15, 0.2) is 12.1 Å². The van der Waals surface area contributed by atoms with E-state index in [4.69, 9.17) is 9.47 Å². The third-order valence-electron chi connectivity index (χ3n) is 4.03. The van der Waals surface area contributed by atoms with Crippen molar-refractivity contribution < 1.29 is 37.9 Å². The molecule has 0 saturated carbocycles. The average molecular weight is 421 g/mol. The summed E-state index contributed by atoms with van der Waals surface area (Å²) in [7, 11) is 4.76. The van der Waals surface area contributed by atoms with Crippen molar-refractivity contribution in [3.63, 3.8) is 0 Å². The van der Waals surface area contributed by atoms with Crippen molar-refractivity contribution in [2.75, 3.05) is 34.0 Å². The van der Waals surface area contributed by atoms with Crippen LogP contribution >= 0.6 is 0 Å². The molecule has 1 aromatic carbocycles. The topological polar surface area (TPSA) is 18.5 Å². The monoisotopic (exact) mass is 421 g/mol. The highest BCUT2D eigenvalue weighted by atomic mass is 127. The van der Waals surface area contributed by atoms with E-state index in [0.717, 1.165) is 28.9 Å². The molecule has 0 saturated heterocycles. The summed E-state index contributed by atoms with van der Waals surface area (Å²) in [5.74, 6) is 1.71. The fourth-order valence-corrected chi connectivity index (χ4v) is 6.06. The Kier molecular flexibility index (Phi) is 6.14. The predicted molar refractivity (Wildman–Crippen MR) is 86.2 cm³/mol. The van der Waals surface area contributed by atoms with Crippen LogP contribution in [-0.4, -0.2) is 46.5 Å². The first-order valence-electron chi connectivity index (χ1n) is 7.34. The van der Waals surface area contributed by atoms with Gasteiger partial charge in [0.05, 0.1) is 34.0 Å². The van der Waals surface area contributed by atoms with Crippen molar-refractivity contribution >= 4 is 8.07 Å². The molecule has 3 nitrogen and oxygen atoms in total. The van der Waals surface area contributed by atoms with Crippen LogP contribution in [0.4, 0.5) is 0 Å². The number of hydrogen-bond acceptors (Lipinski definition) is 2. The number of benzene rings is 1. The molecule has 0 radical (unpaired) electrons. The number of quaternary nitrogens is 1. The van der Waals surface area contributed by atoms with Gasteiger partial charge in [0, 0.05) is 12.0 Å². The number of nitrogens with zero attached hydrogens (tertiary/aromatic N) is 1. The molecule has 1 heterocycles. The van der Waals surface area contributed by atoms with Crippen LogP contribution < -0.4 is 33.5 Å². The molecule has 1 aromatic rings. The minimum absolute atomic E-state index is 0. The predicted octanol–water partition coefficient (Wildman–Crippen LogP) is 0.0879. The highest BCUT2D eigenvalue weighted by molar-refractivity contribution is 6.75. The zero-order valence-corrected chi connectivity index (χ0v) is 17.3. The average Bonchev–Trinajstić information content (AvgIpc) is 2.34. The second kappa shape index (κ2) is 6.87. The van der Waals surface area contributed by atoms with Crippen molar-refractivity contribution in [1.82, 2.24) is 0 Å². The molecule has 0 N–H and O–H groups in total. The lowest BCUT2D eigenvalue weighted by Gasteiger charge is -2.42. The quantitative estimate of drug-likeness (QED) is 0.390. The summed E-state index contributed by atoms with van der Waals surface area (Å²) in [6, 6.07) is 4.33. The summed E-state index contributed by atoms with van der Waals surface area (Å²) in [6.07, 6.45) is 2.47. The molecule has 1 atom stereocenters. The van der Waals surface area contributed by atoms with E-state index in [0.29, 0.717) is 0 Å². The van der Waals surface area contributed by atoms with Gasteiger partial charge in [-0.3, -0.25) is 0 Å². The van der Waals surface area contributed by atoms with E-state index in [1.807, 2.05) is 0 Å². The van der Waals surface area contributed by atoms with Gasteiger partial charge in [-0.15, -0.1) is 0 Å². The number of fused-ring (bicyclic) bond motifs is 1. The summed E-state index contributed by atoms with van der Waals surface area (Å²) in [4.78, 5) is 0. The number of methoxy groups -OCH3 is 2. The van der Waals surface area contributed by atoms with Gasteiger partial charge in [-0.2, -0.15) is 0 Å². The zero-order chi connectivity index (χ0) is 15.0. The second-order valence-electron chi connectivity index (χ2n) is 7.45. The van der Waals surface area contributed by atoms with Crippen LogP contribution in [0.2, 0.25) is 19.6 Å². The Morgan fingerprint density at radius 1 is 1.05 bits per heavy atom. The maximum atomic E-state index is 5.45. The van der Waals surface area contributed by atoms with Crippen LogP contribution in [0.25, 0.3) is 0 Å². The molecule has 5 heteroatoms. The molecule has 0 aromatic heterocycles. The fourth-order valence-electron chi connectivity index (χ4n) is 3.50. The molecule has 0 aliphatic carbocycles. The Balaban J connectivity index is 0.00000220. The van der Waals surface area contributed by atoms with Crippen LogP contribution in [-0.2, 0) is 13.0 Å². The minimum atomic E-state index is -1.06. The van der Waals surface area contributed by atoms with Gasteiger partial charge in [-0.05, 0) is 17.7 Å². The second-order valence-corrected chi connectivity index (χ2v) is 12.9. The number of ether oxygens (including phenoxy) is 2. The number of rotatable bonds is 4. The molecular weight excluding hydrogens is 393 g/mol. The first-order valence-corrected chi connectivity index (χ1v) is 11.0. The number of likely N-dealkylation sites (N-methyl/N-ethyl adjacent to an activating group) is 1. The summed E-state index contributed by atoms with van der Waals surface area (Å²) in [5, 5.41) is 0. The van der Waals surface area contributed by atoms with Gasteiger partial charge in [-0.1, -0.05) is 19.6 Å². The molecular formula is C16H28INO2Si. The lowest BCUT2D eigenvalue weighted by molar-refractivity contribution is -0.915. The molecule has 0 spiro atoms. The van der Waals surface area contributed by atoms with E-state index in [2.05, 4.69) is 38.8 Å². The number of hydrogen-bond donors (Lipinski definition) is 0. The van der Waals surface area contributed by atoms with Gasteiger partial charge < -0.3 is 37.9 Å². The first kappa shape index (κ1) is 18.8. The number of halogens is 1. The van der Waals surface area contributed by atoms with Crippen molar-refractivity contribution in [3.05, 3.63) is 23.3 Å². The first-order chi connectivity index (χ1) is 9.26. The van der Waals surface area contributed by atoms with Gasteiger partial charge in [0.25, 0.3) is 0 Å². The standard InChI is InChI=1S/C16H28NO2Si.HI/c1-17(12-20(4,5)6)8-7-13-9-15(18-2)16(19-3)10-14(13)11-17;/h9-10H,7-8,11-12H2,1-6H3;1H/q+1;/p-1. The lowest BCUT2D eigenvalue weighted by Crippen LogP contribution is -3.00. The van der Waals surface area contributed by atoms with Gasteiger partial charge in [0.15, 0.2) is 11.5 Å². The van der Waals surface area contributed by atoms with E-state index < -0.39 is 8.07 Å². The minimum Gasteiger partial charge on any atom is -1.00 e. The molecule has 1 aliphatic rings. The molecule has 0 amide bonds. The van der Waals surface area contributed by atoms with Crippen molar-refractivity contribution in [1.29, 1.82) is 0 Å². The van der Waals surface area contributed by atoms with Gasteiger partial charge in [0.2, 0.25) is 0 Å². The largest absolute Gasteiger partial charge is 1.00 e. The van der Waals surface area contributed by atoms with Crippen LogP contribution in [0.3, 0.4) is 0 Å². The third-order valence-corrected chi connectivity index (χ3v) is 5.75. The SMILES string of the molecule is COc1cc2c(cc1OC)C[N+](C)(C[Si](C)(C)C)CC2.[I-]. The summed E-state index contributed by atoms with van der Waals surface area (Å²) in [5.41, 5.74) is 2.85.